The fourth-order valence-electron chi connectivity index (χ4n) is 5.18. The Balaban J connectivity index is 0.000000324. The summed E-state index contributed by atoms with van der Waals surface area (Å²) in [6.45, 7) is 6.09. The Hall–Kier alpha value is -3.68. The molecule has 0 spiro atoms. The molecule has 0 amide bonds. The molecule has 1 aliphatic rings. The van der Waals surface area contributed by atoms with Gasteiger partial charge in [0.2, 0.25) is 0 Å². The van der Waals surface area contributed by atoms with Gasteiger partial charge < -0.3 is 5.32 Å². The van der Waals surface area contributed by atoms with E-state index in [0.717, 1.165) is 49.1 Å². The van der Waals surface area contributed by atoms with Gasteiger partial charge in [0.15, 0.2) is 0 Å². The van der Waals surface area contributed by atoms with Crippen LogP contribution >= 0.6 is 0 Å². The molecule has 3 N–H and O–H groups in total. The fraction of sp³-hybridized carbons (Fsp3) is 0.367. The Kier molecular flexibility index (Phi) is 9.98. The molecule has 1 fully saturated rings. The Morgan fingerprint density at radius 3 is 2.26 bits per heavy atom. The minimum absolute atomic E-state index is 0.0666. The Labute approximate surface area is 247 Å². The molecule has 0 bridgehead atoms. The van der Waals surface area contributed by atoms with Gasteiger partial charge in [0.05, 0.1) is 16.2 Å². The summed E-state index contributed by atoms with van der Waals surface area (Å²) in [6.07, 6.45) is 2.01. The van der Waals surface area contributed by atoms with Gasteiger partial charge in [-0.3, -0.25) is 9.65 Å². The van der Waals surface area contributed by atoms with Gasteiger partial charge in [-0.25, -0.2) is 14.4 Å². The molecule has 2 heterocycles. The van der Waals surface area contributed by atoms with Gasteiger partial charge in [0.1, 0.15) is 17.8 Å². The summed E-state index contributed by atoms with van der Waals surface area (Å²) < 4.78 is 83.3. The summed E-state index contributed by atoms with van der Waals surface area (Å²) in [5.41, 5.74) is 2.22. The molecular weight excluding hydrogens is 586 g/mol. The van der Waals surface area contributed by atoms with Crippen molar-refractivity contribution in [3.63, 3.8) is 0 Å². The van der Waals surface area contributed by atoms with E-state index in [0.29, 0.717) is 29.0 Å². The zero-order valence-electron chi connectivity index (χ0n) is 23.9. The number of hydrogen-bond donors (Lipinski definition) is 3. The molecule has 8 nitrogen and oxygen atoms in total. The van der Waals surface area contributed by atoms with Crippen LogP contribution in [0.25, 0.3) is 22.5 Å². The first kappa shape index (κ1) is 32.2. The van der Waals surface area contributed by atoms with Crippen molar-refractivity contribution >= 4 is 10.1 Å². The summed E-state index contributed by atoms with van der Waals surface area (Å²) in [4.78, 5) is 8.21. The minimum atomic E-state index is -4.80. The summed E-state index contributed by atoms with van der Waals surface area (Å²) in [7, 11) is -4.02. The van der Waals surface area contributed by atoms with Crippen LogP contribution in [0.15, 0.2) is 66.0 Å². The van der Waals surface area contributed by atoms with Crippen molar-refractivity contribution in [2.45, 2.75) is 75.5 Å². The highest BCUT2D eigenvalue weighted by molar-refractivity contribution is 7.85. The second-order valence-electron chi connectivity index (χ2n) is 10.8. The SMILES string of the molecule is CC(C)NC1CCC(c2[nH]nc(-c3ccc(F)c(C(F)(F)F)c3)c2-c2ccncn2)CC1.Cc1ccc(S(=O)(=O)O)cc1. The zero-order valence-corrected chi connectivity index (χ0v) is 24.7. The Morgan fingerprint density at radius 2 is 1.70 bits per heavy atom. The van der Waals surface area contributed by atoms with Crippen molar-refractivity contribution < 1.29 is 30.5 Å². The van der Waals surface area contributed by atoms with Gasteiger partial charge in [0, 0.05) is 41.0 Å². The quantitative estimate of drug-likeness (QED) is 0.158. The average molecular weight is 620 g/mol. The molecule has 5 rings (SSSR count). The average Bonchev–Trinajstić information content (AvgIpc) is 3.39. The number of aromatic nitrogens is 4. The summed E-state index contributed by atoms with van der Waals surface area (Å²) in [5.74, 6) is -1.13. The van der Waals surface area contributed by atoms with Crippen LogP contribution in [-0.2, 0) is 16.3 Å². The van der Waals surface area contributed by atoms with Crippen LogP contribution in [-0.4, -0.2) is 45.2 Å². The molecule has 1 saturated carbocycles. The number of nitrogens with zero attached hydrogens (tertiary/aromatic N) is 3. The van der Waals surface area contributed by atoms with E-state index in [-0.39, 0.29) is 16.4 Å². The van der Waals surface area contributed by atoms with Crippen molar-refractivity contribution in [3.8, 4) is 22.5 Å². The van der Waals surface area contributed by atoms with E-state index < -0.39 is 27.7 Å². The lowest BCUT2D eigenvalue weighted by Crippen LogP contribution is -2.37. The predicted octanol–water partition coefficient (Wildman–Crippen LogP) is 6.96. The van der Waals surface area contributed by atoms with Crippen LogP contribution in [0.3, 0.4) is 0 Å². The largest absolute Gasteiger partial charge is 0.419 e. The molecule has 230 valence electrons. The fourth-order valence-corrected chi connectivity index (χ4v) is 5.66. The molecule has 1 aliphatic carbocycles. The number of aromatic amines is 1. The maximum absolute atomic E-state index is 13.9. The lowest BCUT2D eigenvalue weighted by molar-refractivity contribution is -0.139. The monoisotopic (exact) mass is 619 g/mol. The highest BCUT2D eigenvalue weighted by Crippen LogP contribution is 2.42. The van der Waals surface area contributed by atoms with E-state index in [1.807, 2.05) is 6.92 Å². The summed E-state index contributed by atoms with van der Waals surface area (Å²) in [5, 5.41) is 11.0. The molecule has 2 aromatic heterocycles. The topological polar surface area (TPSA) is 121 Å². The van der Waals surface area contributed by atoms with Crippen LogP contribution in [0.4, 0.5) is 17.6 Å². The van der Waals surface area contributed by atoms with Crippen molar-refractivity contribution in [2.24, 2.45) is 0 Å². The first-order chi connectivity index (χ1) is 20.2. The zero-order chi connectivity index (χ0) is 31.4. The minimum Gasteiger partial charge on any atom is -0.312 e. The van der Waals surface area contributed by atoms with Gasteiger partial charge >= 0.3 is 6.18 Å². The molecule has 0 atom stereocenters. The van der Waals surface area contributed by atoms with Crippen LogP contribution in [0.1, 0.15) is 62.3 Å². The van der Waals surface area contributed by atoms with Gasteiger partial charge in [-0.2, -0.15) is 26.7 Å². The molecule has 0 saturated heterocycles. The van der Waals surface area contributed by atoms with E-state index in [1.165, 1.54) is 24.5 Å². The molecule has 2 aromatic carbocycles. The first-order valence-electron chi connectivity index (χ1n) is 13.8. The second kappa shape index (κ2) is 13.3. The highest BCUT2D eigenvalue weighted by atomic mass is 32.2. The van der Waals surface area contributed by atoms with Crippen molar-refractivity contribution in [1.29, 1.82) is 0 Å². The van der Waals surface area contributed by atoms with Crippen molar-refractivity contribution in [3.05, 3.63) is 83.7 Å². The number of rotatable bonds is 6. The predicted molar refractivity (Wildman–Crippen MR) is 154 cm³/mol. The third-order valence-corrected chi connectivity index (χ3v) is 8.07. The van der Waals surface area contributed by atoms with Gasteiger partial charge in [-0.05, 0) is 69.0 Å². The Morgan fingerprint density at radius 1 is 1.02 bits per heavy atom. The van der Waals surface area contributed by atoms with E-state index in [2.05, 4.69) is 39.3 Å². The number of halogens is 4. The van der Waals surface area contributed by atoms with Gasteiger partial charge in [-0.15, -0.1) is 0 Å². The third-order valence-electron chi connectivity index (χ3n) is 7.20. The number of H-pyrrole nitrogens is 1. The van der Waals surface area contributed by atoms with Crippen LogP contribution in [0.5, 0.6) is 0 Å². The number of aryl methyl sites for hydroxylation is 1. The number of benzene rings is 2. The number of alkyl halides is 3. The molecule has 0 aliphatic heterocycles. The molecule has 0 unspecified atom stereocenters. The second-order valence-corrected chi connectivity index (χ2v) is 12.2. The van der Waals surface area contributed by atoms with Crippen LogP contribution in [0.2, 0.25) is 0 Å². The van der Waals surface area contributed by atoms with E-state index in [4.69, 9.17) is 4.55 Å². The lowest BCUT2D eigenvalue weighted by Gasteiger charge is -2.30. The van der Waals surface area contributed by atoms with Crippen LogP contribution < -0.4 is 5.32 Å². The van der Waals surface area contributed by atoms with Crippen molar-refractivity contribution in [2.75, 3.05) is 0 Å². The van der Waals surface area contributed by atoms with Crippen LogP contribution in [0, 0.1) is 12.7 Å². The maximum atomic E-state index is 13.9. The third kappa shape index (κ3) is 8.24. The van der Waals surface area contributed by atoms with Gasteiger partial charge in [-0.1, -0.05) is 31.5 Å². The molecular formula is C30H33F4N5O3S. The number of nitrogens with one attached hydrogen (secondary N) is 2. The van der Waals surface area contributed by atoms with E-state index in [1.54, 1.807) is 24.4 Å². The normalized spacial score (nSPS) is 17.4. The van der Waals surface area contributed by atoms with E-state index in [9.17, 15) is 26.0 Å². The smallest absolute Gasteiger partial charge is 0.312 e. The summed E-state index contributed by atoms with van der Waals surface area (Å²) in [6, 6.07) is 11.5. The molecule has 43 heavy (non-hydrogen) atoms. The molecule has 0 radical (unpaired) electrons. The number of hydrogen-bond acceptors (Lipinski definition) is 6. The van der Waals surface area contributed by atoms with Crippen molar-refractivity contribution in [1.82, 2.24) is 25.5 Å². The summed E-state index contributed by atoms with van der Waals surface area (Å²) >= 11 is 0. The maximum Gasteiger partial charge on any atom is 0.419 e. The van der Waals surface area contributed by atoms with Gasteiger partial charge in [0.25, 0.3) is 10.1 Å². The first-order valence-corrected chi connectivity index (χ1v) is 15.2. The highest BCUT2D eigenvalue weighted by Gasteiger charge is 2.35. The molecule has 4 aromatic rings. The van der Waals surface area contributed by atoms with E-state index >= 15 is 0 Å². The molecule has 13 heteroatoms. The standard InChI is InChI=1S/C23H25F4N5.C7H8O3S/c1-13(2)30-16-6-3-14(4-7-16)21-20(19-9-10-28-12-29-19)22(32-31-21)15-5-8-18(24)17(11-15)23(25,26)27;1-6-2-4-7(5-3-6)11(8,9)10/h5,8-14,16,30H,3-4,6-7H2,1-2H3,(H,31,32);2-5H,1H3,(H,8,9,10). The lowest BCUT2D eigenvalue weighted by atomic mass is 9.81. The Bertz CT molecular complexity index is 1620.